The number of anilines is 2. The Bertz CT molecular complexity index is 1200. The Kier molecular flexibility index (Phi) is 14.5. The van der Waals surface area contributed by atoms with E-state index >= 15 is 0 Å². The fourth-order valence-electron chi connectivity index (χ4n) is 3.92. The number of carbonyl (C=O) groups is 2. The van der Waals surface area contributed by atoms with Gasteiger partial charge in [-0.2, -0.15) is 10.2 Å². The van der Waals surface area contributed by atoms with Gasteiger partial charge < -0.3 is 9.80 Å². The van der Waals surface area contributed by atoms with Crippen LogP contribution in [0.2, 0.25) is 0 Å². The third-order valence-corrected chi connectivity index (χ3v) is 6.78. The van der Waals surface area contributed by atoms with E-state index in [2.05, 4.69) is 30.9 Å². The van der Waals surface area contributed by atoms with Crippen molar-refractivity contribution in [1.29, 1.82) is 0 Å². The average Bonchev–Trinajstić information content (AvgIpc) is 3.01. The second-order valence-electron chi connectivity index (χ2n) is 8.89. The Morgan fingerprint density at radius 2 is 0.857 bits per heavy atom. The van der Waals surface area contributed by atoms with Crippen LogP contribution in [0.15, 0.2) is 83.0 Å². The van der Waals surface area contributed by atoms with Crippen LogP contribution in [-0.4, -0.2) is 73.9 Å². The van der Waals surface area contributed by atoms with Crippen LogP contribution >= 0.6 is 46.4 Å². The number of amides is 2. The van der Waals surface area contributed by atoms with Crippen molar-refractivity contribution in [3.63, 3.8) is 0 Å². The second-order valence-corrected chi connectivity index (χ2v) is 10.4. The first-order chi connectivity index (χ1) is 20.5. The van der Waals surface area contributed by atoms with E-state index < -0.39 is 11.8 Å². The molecule has 0 aliphatic rings. The zero-order valence-corrected chi connectivity index (χ0v) is 25.9. The van der Waals surface area contributed by atoms with Gasteiger partial charge >= 0.3 is 0 Å². The molecule has 0 radical (unpaired) electrons. The number of carbonyl (C=O) groups excluding carboxylic acids is 2. The number of hydrogen-bond donors (Lipinski definition) is 2. The number of benzene rings is 3. The lowest BCUT2D eigenvalue weighted by Crippen LogP contribution is -2.27. The molecule has 0 unspecified atom stereocenters. The van der Waals surface area contributed by atoms with Crippen LogP contribution in [0.3, 0.4) is 0 Å². The van der Waals surface area contributed by atoms with Crippen LogP contribution in [-0.2, 0) is 0 Å². The highest BCUT2D eigenvalue weighted by Crippen LogP contribution is 2.16. The van der Waals surface area contributed by atoms with Gasteiger partial charge in [-0.1, -0.05) is 24.3 Å². The van der Waals surface area contributed by atoms with E-state index in [1.54, 1.807) is 36.7 Å². The normalized spacial score (nSPS) is 11.1. The quantitative estimate of drug-likeness (QED) is 0.117. The van der Waals surface area contributed by atoms with Crippen molar-refractivity contribution in [2.24, 2.45) is 10.2 Å². The standard InChI is InChI=1S/C30H32Cl4N6O2/c31-13-17-39(18-14-32)27-9-1-23(2-10-27)21-35-37-29(41)25-5-7-26(8-6-25)30(42)38-36-22-24-3-11-28(12-4-24)40(19-15-33)20-16-34/h1-12,21-22H,13-20H2,(H,37,41)(H,38,42)/b35-21+,36-22+. The predicted octanol–water partition coefficient (Wildman–Crippen LogP) is 5.78. The first-order valence-corrected chi connectivity index (χ1v) is 15.3. The molecule has 0 spiro atoms. The first kappa shape index (κ1) is 33.2. The molecule has 3 rings (SSSR count). The molecule has 12 heteroatoms. The number of hydrazone groups is 2. The lowest BCUT2D eigenvalue weighted by atomic mass is 10.1. The van der Waals surface area contributed by atoms with Crippen molar-refractivity contribution in [2.75, 3.05) is 59.5 Å². The zero-order valence-electron chi connectivity index (χ0n) is 22.9. The molecular formula is C30H32Cl4N6O2. The average molecular weight is 650 g/mol. The van der Waals surface area contributed by atoms with Gasteiger partial charge in [0.2, 0.25) is 0 Å². The predicted molar refractivity (Wildman–Crippen MR) is 177 cm³/mol. The molecule has 2 N–H and O–H groups in total. The van der Waals surface area contributed by atoms with Gasteiger partial charge in [-0.15, -0.1) is 46.4 Å². The highest BCUT2D eigenvalue weighted by Gasteiger charge is 2.09. The highest BCUT2D eigenvalue weighted by molar-refractivity contribution is 6.19. The fraction of sp³-hybridized carbons (Fsp3) is 0.267. The Morgan fingerprint density at radius 3 is 1.14 bits per heavy atom. The Balaban J connectivity index is 1.49. The summed E-state index contributed by atoms with van der Waals surface area (Å²) in [6, 6.07) is 21.6. The van der Waals surface area contributed by atoms with E-state index in [4.69, 9.17) is 46.4 Å². The summed E-state index contributed by atoms with van der Waals surface area (Å²) in [4.78, 5) is 29.1. The molecular weight excluding hydrogens is 618 g/mol. The first-order valence-electron chi connectivity index (χ1n) is 13.2. The van der Waals surface area contributed by atoms with Crippen LogP contribution in [0.1, 0.15) is 31.8 Å². The van der Waals surface area contributed by atoms with Crippen molar-refractivity contribution >= 4 is 82.0 Å². The molecule has 222 valence electrons. The molecule has 0 aliphatic carbocycles. The third-order valence-electron chi connectivity index (χ3n) is 6.10. The van der Waals surface area contributed by atoms with E-state index in [-0.39, 0.29) is 0 Å². The van der Waals surface area contributed by atoms with Gasteiger partial charge in [-0.3, -0.25) is 9.59 Å². The lowest BCUT2D eigenvalue weighted by Gasteiger charge is -2.22. The largest absolute Gasteiger partial charge is 0.369 e. The topological polar surface area (TPSA) is 89.4 Å². The van der Waals surface area contributed by atoms with E-state index in [9.17, 15) is 9.59 Å². The number of nitrogens with one attached hydrogen (secondary N) is 2. The van der Waals surface area contributed by atoms with Crippen molar-refractivity contribution < 1.29 is 9.59 Å². The van der Waals surface area contributed by atoms with Crippen LogP contribution < -0.4 is 20.7 Å². The maximum atomic E-state index is 12.5. The summed E-state index contributed by atoms with van der Waals surface area (Å²) < 4.78 is 0. The highest BCUT2D eigenvalue weighted by atomic mass is 35.5. The van der Waals surface area contributed by atoms with Gasteiger partial charge in [0.05, 0.1) is 12.4 Å². The summed E-state index contributed by atoms with van der Waals surface area (Å²) >= 11 is 23.5. The minimum absolute atomic E-state index is 0.359. The Labute approximate surface area is 266 Å². The van der Waals surface area contributed by atoms with Crippen molar-refractivity contribution in [2.45, 2.75) is 0 Å². The molecule has 42 heavy (non-hydrogen) atoms. The Hall–Kier alpha value is -3.30. The second kappa shape index (κ2) is 18.3. The molecule has 3 aromatic carbocycles. The molecule has 2 amide bonds. The van der Waals surface area contributed by atoms with Crippen LogP contribution in [0.5, 0.6) is 0 Å². The Morgan fingerprint density at radius 1 is 0.548 bits per heavy atom. The molecule has 0 fully saturated rings. The SMILES string of the molecule is O=C(N/N=C/c1ccc(N(CCCl)CCCl)cc1)c1ccc(C(=O)N/N=C/c2ccc(N(CCCl)CCCl)cc2)cc1. The lowest BCUT2D eigenvalue weighted by molar-refractivity contribution is 0.0943. The minimum Gasteiger partial charge on any atom is -0.369 e. The summed E-state index contributed by atoms with van der Waals surface area (Å²) in [7, 11) is 0. The van der Waals surface area contributed by atoms with Gasteiger partial charge in [-0.05, 0) is 59.7 Å². The van der Waals surface area contributed by atoms with Gasteiger partial charge in [0.25, 0.3) is 11.8 Å². The third kappa shape index (κ3) is 10.5. The number of alkyl halides is 4. The molecule has 3 aromatic rings. The van der Waals surface area contributed by atoms with Crippen molar-refractivity contribution in [1.82, 2.24) is 10.9 Å². The zero-order chi connectivity index (χ0) is 30.2. The van der Waals surface area contributed by atoms with Gasteiger partial charge in [0.15, 0.2) is 0 Å². The smallest absolute Gasteiger partial charge is 0.271 e. The van der Waals surface area contributed by atoms with Crippen molar-refractivity contribution in [3.8, 4) is 0 Å². The summed E-state index contributed by atoms with van der Waals surface area (Å²) in [6.07, 6.45) is 3.11. The number of nitrogens with zero attached hydrogens (tertiary/aromatic N) is 4. The van der Waals surface area contributed by atoms with Crippen LogP contribution in [0.25, 0.3) is 0 Å². The minimum atomic E-state index is -0.401. The number of halogens is 4. The molecule has 0 aromatic heterocycles. The summed E-state index contributed by atoms with van der Waals surface area (Å²) in [5, 5.41) is 8.06. The molecule has 0 bridgehead atoms. The van der Waals surface area contributed by atoms with E-state index in [0.717, 1.165) is 22.5 Å². The molecule has 0 heterocycles. The van der Waals surface area contributed by atoms with Gasteiger partial charge in [0, 0.05) is 72.2 Å². The van der Waals surface area contributed by atoms with Gasteiger partial charge in [-0.25, -0.2) is 10.9 Å². The fourth-order valence-corrected chi connectivity index (χ4v) is 4.74. The number of rotatable bonds is 16. The molecule has 0 saturated heterocycles. The van der Waals surface area contributed by atoms with E-state index in [1.807, 2.05) is 48.5 Å². The van der Waals surface area contributed by atoms with E-state index in [1.165, 1.54) is 0 Å². The molecule has 8 nitrogen and oxygen atoms in total. The molecule has 0 atom stereocenters. The monoisotopic (exact) mass is 648 g/mol. The number of hydrogen-bond acceptors (Lipinski definition) is 6. The maximum Gasteiger partial charge on any atom is 0.271 e. The summed E-state index contributed by atoms with van der Waals surface area (Å²) in [5.74, 6) is 1.22. The van der Waals surface area contributed by atoms with E-state index in [0.29, 0.717) is 60.8 Å². The van der Waals surface area contributed by atoms with Crippen LogP contribution in [0, 0.1) is 0 Å². The van der Waals surface area contributed by atoms with Crippen LogP contribution in [0.4, 0.5) is 11.4 Å². The molecule has 0 saturated carbocycles. The summed E-state index contributed by atoms with van der Waals surface area (Å²) in [5.41, 5.74) is 9.37. The molecule has 0 aliphatic heterocycles. The van der Waals surface area contributed by atoms with Crippen molar-refractivity contribution in [3.05, 3.63) is 95.1 Å². The summed E-state index contributed by atoms with van der Waals surface area (Å²) in [6.45, 7) is 2.80. The maximum absolute atomic E-state index is 12.5. The van der Waals surface area contributed by atoms with Gasteiger partial charge in [0.1, 0.15) is 0 Å².